The minimum absolute atomic E-state index is 0.0401. The maximum absolute atomic E-state index is 12.0. The summed E-state index contributed by atoms with van der Waals surface area (Å²) in [6, 6.07) is 0. The molecule has 3 heteroatoms. The third-order valence-electron chi connectivity index (χ3n) is 11.5. The van der Waals surface area contributed by atoms with E-state index in [1.54, 1.807) is 0 Å². The second kappa shape index (κ2) is 9.23. The number of ether oxygens (including phenoxy) is 1. The molecular weight excluding hydrogens is 396 g/mol. The summed E-state index contributed by atoms with van der Waals surface area (Å²) in [5.74, 6) is 5.01. The van der Waals surface area contributed by atoms with Gasteiger partial charge >= 0.3 is 5.97 Å². The van der Waals surface area contributed by atoms with Gasteiger partial charge in [-0.25, -0.2) is 0 Å². The zero-order chi connectivity index (χ0) is 23.3. The highest BCUT2D eigenvalue weighted by atomic mass is 16.5. The van der Waals surface area contributed by atoms with Crippen LogP contribution in [0.2, 0.25) is 0 Å². The van der Waals surface area contributed by atoms with Crippen LogP contribution < -0.4 is 0 Å². The molecule has 0 spiro atoms. The Kier molecular flexibility index (Phi) is 7.08. The van der Waals surface area contributed by atoms with Crippen LogP contribution >= 0.6 is 0 Å². The summed E-state index contributed by atoms with van der Waals surface area (Å²) in [6.07, 6.45) is 11.7. The molecule has 0 aliphatic heterocycles. The Hall–Kier alpha value is -0.570. The Bertz CT molecular complexity index is 675. The van der Waals surface area contributed by atoms with Crippen LogP contribution in [0.15, 0.2) is 0 Å². The maximum Gasteiger partial charge on any atom is 0.305 e. The molecule has 4 aliphatic carbocycles. The molecular formula is C29H50O3. The van der Waals surface area contributed by atoms with Crippen molar-refractivity contribution in [2.75, 3.05) is 6.61 Å². The molecule has 6 unspecified atom stereocenters. The van der Waals surface area contributed by atoms with Crippen LogP contribution in [-0.2, 0) is 9.53 Å². The van der Waals surface area contributed by atoms with Crippen LogP contribution in [0.1, 0.15) is 106 Å². The predicted octanol–water partition coefficient (Wildman–Crippen LogP) is 6.87. The smallest absolute Gasteiger partial charge is 0.305 e. The molecule has 4 rings (SSSR count). The van der Waals surface area contributed by atoms with Crippen molar-refractivity contribution in [3.8, 4) is 0 Å². The monoisotopic (exact) mass is 446 g/mol. The lowest BCUT2D eigenvalue weighted by molar-refractivity contribution is -0.198. The average molecular weight is 447 g/mol. The molecule has 4 fully saturated rings. The number of aliphatic hydroxyl groups excluding tert-OH is 1. The summed E-state index contributed by atoms with van der Waals surface area (Å²) < 4.78 is 5.19. The number of esters is 1. The van der Waals surface area contributed by atoms with Crippen molar-refractivity contribution >= 4 is 5.97 Å². The standard InChI is InChI=1S/C29H50O3/c1-7-20-24-17-18(3)13-15-29(24,6)23-14-16-28(5)21(10-11-22(28)26(23)27(20)31)19(4)9-12-25(30)32-8-2/h18-24,26-27,31H,7-17H2,1-6H3/t18-,19-,20-,21?,22?,23?,24?,26?,27?,28-,29-/m1/s1. The minimum Gasteiger partial charge on any atom is -0.466 e. The van der Waals surface area contributed by atoms with Gasteiger partial charge in [-0.05, 0) is 110 Å². The summed E-state index contributed by atoms with van der Waals surface area (Å²) in [7, 11) is 0. The van der Waals surface area contributed by atoms with E-state index in [0.717, 1.165) is 18.8 Å². The van der Waals surface area contributed by atoms with Crippen molar-refractivity contribution in [1.29, 1.82) is 0 Å². The van der Waals surface area contributed by atoms with Crippen LogP contribution in [-0.4, -0.2) is 23.8 Å². The third kappa shape index (κ3) is 3.87. The number of fused-ring (bicyclic) bond motifs is 5. The predicted molar refractivity (Wildman–Crippen MR) is 130 cm³/mol. The number of hydrogen-bond donors (Lipinski definition) is 1. The zero-order valence-electron chi connectivity index (χ0n) is 21.7. The van der Waals surface area contributed by atoms with Gasteiger partial charge in [0.2, 0.25) is 0 Å². The van der Waals surface area contributed by atoms with E-state index >= 15 is 0 Å². The fraction of sp³-hybridized carbons (Fsp3) is 0.966. The van der Waals surface area contributed by atoms with Crippen LogP contribution in [0.3, 0.4) is 0 Å². The fourth-order valence-corrected chi connectivity index (χ4v) is 9.93. The van der Waals surface area contributed by atoms with Crippen molar-refractivity contribution in [3.63, 3.8) is 0 Å². The lowest BCUT2D eigenvalue weighted by Crippen LogP contribution is -2.61. The average Bonchev–Trinajstić information content (AvgIpc) is 3.11. The largest absolute Gasteiger partial charge is 0.466 e. The Morgan fingerprint density at radius 3 is 2.41 bits per heavy atom. The van der Waals surface area contributed by atoms with Gasteiger partial charge in [0.1, 0.15) is 0 Å². The second-order valence-corrected chi connectivity index (χ2v) is 12.9. The van der Waals surface area contributed by atoms with Gasteiger partial charge in [-0.1, -0.05) is 47.5 Å². The molecule has 0 radical (unpaired) electrons. The molecule has 184 valence electrons. The van der Waals surface area contributed by atoms with E-state index in [4.69, 9.17) is 4.74 Å². The van der Waals surface area contributed by atoms with Crippen molar-refractivity contribution in [2.24, 2.45) is 58.2 Å². The summed E-state index contributed by atoms with van der Waals surface area (Å²) >= 11 is 0. The molecule has 0 aromatic rings. The third-order valence-corrected chi connectivity index (χ3v) is 11.5. The normalized spacial score (nSPS) is 49.0. The van der Waals surface area contributed by atoms with Crippen molar-refractivity contribution in [2.45, 2.75) is 112 Å². The van der Waals surface area contributed by atoms with Crippen LogP contribution in [0.5, 0.6) is 0 Å². The van der Waals surface area contributed by atoms with Crippen molar-refractivity contribution in [1.82, 2.24) is 0 Å². The first-order valence-electron chi connectivity index (χ1n) is 14.0. The molecule has 32 heavy (non-hydrogen) atoms. The highest BCUT2D eigenvalue weighted by molar-refractivity contribution is 5.69. The van der Waals surface area contributed by atoms with Crippen LogP contribution in [0, 0.1) is 58.2 Å². The van der Waals surface area contributed by atoms with E-state index < -0.39 is 0 Å². The number of hydrogen-bond acceptors (Lipinski definition) is 3. The van der Waals surface area contributed by atoms with Crippen molar-refractivity contribution < 1.29 is 14.6 Å². The molecule has 1 N–H and O–H groups in total. The van der Waals surface area contributed by atoms with Gasteiger partial charge in [-0.15, -0.1) is 0 Å². The summed E-state index contributed by atoms with van der Waals surface area (Å²) in [5, 5.41) is 11.9. The molecule has 3 nitrogen and oxygen atoms in total. The number of rotatable bonds is 6. The van der Waals surface area contributed by atoms with Crippen LogP contribution in [0.4, 0.5) is 0 Å². The summed E-state index contributed by atoms with van der Waals surface area (Å²) in [5.41, 5.74) is 0.742. The van der Waals surface area contributed by atoms with E-state index in [2.05, 4.69) is 34.6 Å². The molecule has 0 saturated heterocycles. The Morgan fingerprint density at radius 1 is 1.03 bits per heavy atom. The SMILES string of the molecule is CCOC(=O)CC[C@@H](C)C1CCC2C3C(O)[C@H](CC)C4C[C@H](C)CC[C@]4(C)C3CC[C@@]21C. The molecule has 0 aromatic heterocycles. The first kappa shape index (κ1) is 24.6. The Labute approximate surface area is 197 Å². The van der Waals surface area contributed by atoms with Gasteiger partial charge in [-0.3, -0.25) is 4.79 Å². The van der Waals surface area contributed by atoms with Crippen molar-refractivity contribution in [3.05, 3.63) is 0 Å². The highest BCUT2D eigenvalue weighted by Gasteiger charge is 2.64. The molecule has 11 atom stereocenters. The maximum atomic E-state index is 12.0. The van der Waals surface area contributed by atoms with Gasteiger partial charge in [0.05, 0.1) is 12.7 Å². The van der Waals surface area contributed by atoms with E-state index in [1.165, 1.54) is 44.9 Å². The first-order chi connectivity index (χ1) is 15.2. The van der Waals surface area contributed by atoms with Gasteiger partial charge in [0.15, 0.2) is 0 Å². The van der Waals surface area contributed by atoms with Gasteiger partial charge in [0, 0.05) is 6.42 Å². The Balaban J connectivity index is 1.55. The molecule has 0 amide bonds. The van der Waals surface area contributed by atoms with Gasteiger partial charge in [0.25, 0.3) is 0 Å². The fourth-order valence-electron chi connectivity index (χ4n) is 9.93. The summed E-state index contributed by atoms with van der Waals surface area (Å²) in [4.78, 5) is 12.0. The molecule has 0 heterocycles. The molecule has 4 aliphatic rings. The topological polar surface area (TPSA) is 46.5 Å². The lowest BCUT2D eigenvalue weighted by Gasteiger charge is -2.65. The summed E-state index contributed by atoms with van der Waals surface area (Å²) in [6.45, 7) is 14.7. The second-order valence-electron chi connectivity index (χ2n) is 12.9. The van der Waals surface area contributed by atoms with E-state index in [-0.39, 0.29) is 12.1 Å². The zero-order valence-corrected chi connectivity index (χ0v) is 21.7. The minimum atomic E-state index is -0.119. The van der Waals surface area contributed by atoms with Crippen LogP contribution in [0.25, 0.3) is 0 Å². The Morgan fingerprint density at radius 2 is 1.72 bits per heavy atom. The molecule has 0 aromatic carbocycles. The number of carbonyl (C=O) groups is 1. The van der Waals surface area contributed by atoms with E-state index in [9.17, 15) is 9.90 Å². The quantitative estimate of drug-likeness (QED) is 0.453. The lowest BCUT2D eigenvalue weighted by atomic mass is 9.41. The highest BCUT2D eigenvalue weighted by Crippen LogP contribution is 2.69. The van der Waals surface area contributed by atoms with E-state index in [1.807, 2.05) is 6.92 Å². The number of carbonyl (C=O) groups excluding carboxylic acids is 1. The van der Waals surface area contributed by atoms with E-state index in [0.29, 0.717) is 65.3 Å². The van der Waals surface area contributed by atoms with Gasteiger partial charge < -0.3 is 9.84 Å². The first-order valence-corrected chi connectivity index (χ1v) is 14.0. The molecule has 4 saturated carbocycles. The molecule has 0 bridgehead atoms. The number of aliphatic hydroxyl groups is 1. The van der Waals surface area contributed by atoms with Gasteiger partial charge in [-0.2, -0.15) is 0 Å².